The van der Waals surface area contributed by atoms with Crippen LogP contribution in [-0.2, 0) is 110 Å². The van der Waals surface area contributed by atoms with E-state index in [9.17, 15) is 57.5 Å². The molecule has 0 fully saturated rings. The van der Waals surface area contributed by atoms with Crippen LogP contribution in [0.5, 0.6) is 0 Å². The molecule has 0 spiro atoms. The minimum atomic E-state index is -0.279. The normalized spacial score (nSPS) is 14.5. The van der Waals surface area contributed by atoms with Crippen molar-refractivity contribution < 1.29 is 100 Å². The molecule has 7 atom stereocenters. The second-order valence-electron chi connectivity index (χ2n) is 31.4. The number of hydrogen-bond donors (Lipinski definition) is 4. The van der Waals surface area contributed by atoms with Crippen molar-refractivity contribution in [2.24, 2.45) is 0 Å². The van der Waals surface area contributed by atoms with Crippen LogP contribution in [0.15, 0.2) is 114 Å². The molecule has 0 saturated carbocycles. The molecule has 7 unspecified atom stereocenters. The summed E-state index contributed by atoms with van der Waals surface area (Å²) in [6.07, 6.45) is 14.5. The number of carbonyl (C=O) groups is 12. The second kappa shape index (κ2) is 58.4. The molecule has 5 aromatic rings. The maximum absolute atomic E-state index is 13.2. The molecule has 9 rings (SSSR count). The van der Waals surface area contributed by atoms with Gasteiger partial charge in [0.1, 0.15) is 37.2 Å². The minimum Gasteiger partial charge on any atom is -0.465 e. The molecule has 0 saturated heterocycles. The van der Waals surface area contributed by atoms with Gasteiger partial charge in [-0.25, -0.2) is 0 Å². The van der Waals surface area contributed by atoms with E-state index in [-0.39, 0.29) is 172 Å². The summed E-state index contributed by atoms with van der Waals surface area (Å²) in [5.41, 5.74) is 15.9. The number of Topliss-reactive ketones (excluding diaryl/α,β-unsaturated/α-hetero) is 5. The molecule has 34 heteroatoms. The molecule has 0 heterocycles. The van der Waals surface area contributed by atoms with Gasteiger partial charge >= 0.3 is 0 Å². The molecule has 0 aromatic heterocycles. The fourth-order valence-corrected chi connectivity index (χ4v) is 17.4. The molecule has 0 radical (unpaired) electrons. The van der Waals surface area contributed by atoms with Crippen molar-refractivity contribution in [2.75, 3.05) is 122 Å². The summed E-state index contributed by atoms with van der Waals surface area (Å²) in [4.78, 5) is 150. The first kappa shape index (κ1) is 107. The Balaban J connectivity index is 0.000000261. The standard InChI is InChI=1S/C34H47BIN2O8P.C30H38BINO7P.C28H36BINO6P/c1-44-16-5-8-25(39)6-3-7-26(40)18-23-11-13-27-28-14-12-24(38-33(42)10-4-9-32(41)37-15-17-45-2)20-30(28)31(29(27)19-23)22-46-34(43)21-35(36)47;1-38-14-5-9-27(35)24-8-4-7-22-26(19-40-29(37)18-31(32)41)25-17-20(11-12-23(25)30(22)24)16-21(34)6-3-10-28(36)33-13-15-39-2;1-35-14-5-9-25(32)22-8-4-7-20-24(18-37-27(34)17-29(30)38)23-16-19(11-12-21(23)28(20)22)6-3-10-26(33)31-13-15-36-2/h11-13,19-20,28,31H,3-10,14-18,21-22,47H2,1-2H3,(H,37,41)(H,38,42);4,7-8,11-12,17,26H,3,5-6,9-10,13-16,18-19,41H2,1-2H3,(H,33,36);4,7-8,11-12,16,24H,3,5-6,9-10,13-15,17-18,38H2,1-2H3,(H,31,33). The van der Waals surface area contributed by atoms with Crippen molar-refractivity contribution >= 4 is 178 Å². The van der Waals surface area contributed by atoms with Crippen LogP contribution in [0.3, 0.4) is 0 Å². The molecule has 680 valence electrons. The number of allylic oxidation sites excluding steroid dienone is 2. The van der Waals surface area contributed by atoms with E-state index in [1.165, 1.54) is 0 Å². The molecular formula is C92H121B3I3N4O21P3. The molecular weight excluding hydrogens is 2000 g/mol. The number of ether oxygens (including phenoxy) is 9. The molecule has 25 nitrogen and oxygen atoms in total. The number of nitrogens with one attached hydrogen (secondary N) is 4. The van der Waals surface area contributed by atoms with Crippen LogP contribution in [0.25, 0.3) is 22.3 Å². The third-order valence-corrected chi connectivity index (χ3v) is 23.7. The topological polar surface area (TPSA) is 336 Å². The van der Waals surface area contributed by atoms with Crippen LogP contribution in [0, 0.1) is 0 Å². The largest absolute Gasteiger partial charge is 0.465 e. The van der Waals surface area contributed by atoms with Crippen LogP contribution >= 0.6 is 94.5 Å². The summed E-state index contributed by atoms with van der Waals surface area (Å²) in [5, 5.41) is 11.4. The minimum absolute atomic E-state index is 0.0136. The lowest BCUT2D eigenvalue weighted by molar-refractivity contribution is -0.142. The van der Waals surface area contributed by atoms with E-state index in [4.69, 9.17) is 42.6 Å². The van der Waals surface area contributed by atoms with Gasteiger partial charge in [-0.15, -0.1) is 67.1 Å². The van der Waals surface area contributed by atoms with Gasteiger partial charge < -0.3 is 63.9 Å². The van der Waals surface area contributed by atoms with E-state index in [1.807, 2.05) is 78.9 Å². The van der Waals surface area contributed by atoms with Gasteiger partial charge in [0.05, 0.1) is 19.8 Å². The second-order valence-corrected chi connectivity index (χ2v) is 42.7. The molecule has 4 amide bonds. The Kier molecular flexibility index (Phi) is 49.5. The average molecular weight is 2130 g/mol. The number of ketones is 5. The zero-order chi connectivity index (χ0) is 91.5. The maximum atomic E-state index is 13.2. The Morgan fingerprint density at radius 2 is 0.770 bits per heavy atom. The lowest BCUT2D eigenvalue weighted by atomic mass is 9.87. The predicted molar refractivity (Wildman–Crippen MR) is 528 cm³/mol. The number of hydrogen-bond acceptors (Lipinski definition) is 21. The number of halogens is 3. The highest BCUT2D eigenvalue weighted by Crippen LogP contribution is 2.52. The molecule has 0 aliphatic heterocycles. The smallest absolute Gasteiger partial charge is 0.299 e. The Morgan fingerprint density at radius 3 is 1.23 bits per heavy atom. The van der Waals surface area contributed by atoms with E-state index in [2.05, 4.69) is 140 Å². The molecule has 4 aliphatic rings. The number of methoxy groups -OCH3 is 6. The number of amides is 4. The summed E-state index contributed by atoms with van der Waals surface area (Å²) < 4.78 is 47.5. The van der Waals surface area contributed by atoms with E-state index in [0.717, 1.165) is 90.7 Å². The molecule has 4 N–H and O–H groups in total. The number of esters is 3. The Labute approximate surface area is 789 Å². The van der Waals surface area contributed by atoms with E-state index in [1.54, 1.807) is 42.7 Å². The van der Waals surface area contributed by atoms with Crippen molar-refractivity contribution in [3.05, 3.63) is 176 Å². The van der Waals surface area contributed by atoms with Crippen molar-refractivity contribution in [1.82, 2.24) is 21.3 Å². The third kappa shape index (κ3) is 36.1. The summed E-state index contributed by atoms with van der Waals surface area (Å²) >= 11 is 6.51. The fourth-order valence-electron chi connectivity index (χ4n) is 15.7. The molecule has 126 heavy (non-hydrogen) atoms. The van der Waals surface area contributed by atoms with Gasteiger partial charge in [0.25, 0.3) is 30.8 Å². The van der Waals surface area contributed by atoms with Crippen LogP contribution in [0.2, 0.25) is 19.0 Å². The van der Waals surface area contributed by atoms with Crippen molar-refractivity contribution in [3.8, 4) is 22.3 Å². The van der Waals surface area contributed by atoms with E-state index >= 15 is 0 Å². The Morgan fingerprint density at radius 1 is 0.389 bits per heavy atom. The highest BCUT2D eigenvalue weighted by molar-refractivity contribution is 14.1. The number of fused-ring (bicyclic) bond motifs is 9. The third-order valence-electron chi connectivity index (χ3n) is 21.7. The first-order chi connectivity index (χ1) is 60.7. The average Bonchev–Trinajstić information content (AvgIpc) is 1.61. The first-order valence-electron chi connectivity index (χ1n) is 43.1. The molecule has 0 bridgehead atoms. The molecule has 4 aliphatic carbocycles. The summed E-state index contributed by atoms with van der Waals surface area (Å²) in [7, 11) is 17.4. The van der Waals surface area contributed by atoms with Gasteiger partial charge in [0.15, 0.2) is 11.6 Å². The summed E-state index contributed by atoms with van der Waals surface area (Å²) in [5.74, 6) is -1.24. The molecule has 5 aromatic carbocycles. The van der Waals surface area contributed by atoms with Gasteiger partial charge in [-0.3, -0.25) is 57.5 Å². The number of rotatable bonds is 56. The van der Waals surface area contributed by atoms with E-state index in [0.29, 0.717) is 172 Å². The van der Waals surface area contributed by atoms with Gasteiger partial charge in [-0.05, 0) is 142 Å². The number of carbonyl (C=O) groups excluding carboxylic acids is 12. The van der Waals surface area contributed by atoms with Gasteiger partial charge in [0.2, 0.25) is 23.6 Å². The van der Waals surface area contributed by atoms with Crippen LogP contribution in [-0.4, -0.2) is 205 Å². The van der Waals surface area contributed by atoms with Crippen molar-refractivity contribution in [3.63, 3.8) is 0 Å². The van der Waals surface area contributed by atoms with Crippen molar-refractivity contribution in [1.29, 1.82) is 0 Å². The zero-order valence-electron chi connectivity index (χ0n) is 73.3. The van der Waals surface area contributed by atoms with Crippen LogP contribution < -0.4 is 21.3 Å². The van der Waals surface area contributed by atoms with Crippen LogP contribution in [0.1, 0.15) is 210 Å². The number of aryl methyl sites for hydroxylation is 1. The quantitative estimate of drug-likeness (QED) is 0.00534. The maximum Gasteiger partial charge on any atom is 0.299 e. The Bertz CT molecular complexity index is 4600. The first-order valence-corrected chi connectivity index (χ1v) is 48.8. The van der Waals surface area contributed by atoms with Gasteiger partial charge in [-0.2, -0.15) is 27.4 Å². The van der Waals surface area contributed by atoms with Crippen LogP contribution in [0.4, 0.5) is 0 Å². The SMILES string of the molecule is COCCCC(=O)CCCC(=O)Cc1ccc2c(c1)C(COC(=O)CB(P)I)C1=CC(NC(=O)CCCC(=O)NCCOC)=CCC12.COCCCC(=O)c1cccc2c1-c1ccc(CC(=O)CCCC(=O)NCCOC)cc1C2COC(=O)CB(P)I.COCCCC(=O)c1cccc2c1-c1ccc(CCCC(=O)NCCOC)cc1C2COC(=O)CB(P)I. The van der Waals surface area contributed by atoms with Gasteiger partial charge in [-0.1, -0.05) is 97.1 Å². The number of benzene rings is 5. The highest BCUT2D eigenvalue weighted by atomic mass is 127. The lowest BCUT2D eigenvalue weighted by Crippen LogP contribution is -2.27. The monoisotopic (exact) mass is 2120 g/mol. The highest BCUT2D eigenvalue weighted by Gasteiger charge is 2.40. The Hall–Kier alpha value is -6.35. The zero-order valence-corrected chi connectivity index (χ0v) is 83.2. The lowest BCUT2D eigenvalue weighted by Gasteiger charge is -2.22. The van der Waals surface area contributed by atoms with E-state index < -0.39 is 0 Å². The summed E-state index contributed by atoms with van der Waals surface area (Å²) in [6.45, 7) is 4.94. The fraction of sp³-hybridized carbons (Fsp3) is 0.500. The van der Waals surface area contributed by atoms with Gasteiger partial charge in [0, 0.05) is 219 Å². The predicted octanol–water partition coefficient (Wildman–Crippen LogP) is 14.4. The van der Waals surface area contributed by atoms with Crippen molar-refractivity contribution in [2.45, 2.75) is 177 Å². The summed E-state index contributed by atoms with van der Waals surface area (Å²) in [6, 6.07) is 29.8.